The number of aromatic nitrogens is 2. The molecule has 1 aromatic heterocycles. The Labute approximate surface area is 109 Å². The highest BCUT2D eigenvalue weighted by Gasteiger charge is 2.06. The second kappa shape index (κ2) is 6.36. The summed E-state index contributed by atoms with van der Waals surface area (Å²) in [5.74, 6) is 0. The maximum Gasteiger partial charge on any atom is 0.0695 e. The lowest BCUT2D eigenvalue weighted by Crippen LogP contribution is -2.14. The fourth-order valence-corrected chi connectivity index (χ4v) is 1.94. The third-order valence-electron chi connectivity index (χ3n) is 3.08. The van der Waals surface area contributed by atoms with Crippen LogP contribution in [0, 0.1) is 6.92 Å². The molecule has 0 aliphatic heterocycles. The van der Waals surface area contributed by atoms with Gasteiger partial charge in [-0.15, -0.1) is 0 Å². The van der Waals surface area contributed by atoms with Gasteiger partial charge in [0, 0.05) is 12.1 Å². The van der Waals surface area contributed by atoms with E-state index in [-0.39, 0.29) is 0 Å². The predicted molar refractivity (Wildman–Crippen MR) is 75.4 cm³/mol. The highest BCUT2D eigenvalue weighted by Crippen LogP contribution is 2.21. The fourth-order valence-electron chi connectivity index (χ4n) is 1.94. The molecule has 96 valence electrons. The Hall–Kier alpha value is -1.61. The smallest absolute Gasteiger partial charge is 0.0695 e. The summed E-state index contributed by atoms with van der Waals surface area (Å²) in [5, 5.41) is 10.7. The molecule has 0 atom stereocenters. The lowest BCUT2D eigenvalue weighted by Gasteiger charge is -2.05. The van der Waals surface area contributed by atoms with Crippen molar-refractivity contribution in [1.82, 2.24) is 15.5 Å². The molecule has 0 aliphatic carbocycles. The van der Waals surface area contributed by atoms with Crippen LogP contribution in [0.2, 0.25) is 0 Å². The van der Waals surface area contributed by atoms with E-state index in [0.29, 0.717) is 0 Å². The summed E-state index contributed by atoms with van der Waals surface area (Å²) in [6, 6.07) is 8.53. The van der Waals surface area contributed by atoms with Crippen LogP contribution in [0.25, 0.3) is 11.3 Å². The number of aryl methyl sites for hydroxylation is 1. The van der Waals surface area contributed by atoms with Crippen molar-refractivity contribution < 1.29 is 0 Å². The Morgan fingerprint density at radius 2 is 2.00 bits per heavy atom. The Balaban J connectivity index is 2.05. The maximum atomic E-state index is 4.15. The number of benzene rings is 1. The minimum absolute atomic E-state index is 0.875. The van der Waals surface area contributed by atoms with E-state index in [4.69, 9.17) is 0 Å². The molecule has 0 aliphatic rings. The molecule has 2 rings (SSSR count). The van der Waals surface area contributed by atoms with Gasteiger partial charge in [0.15, 0.2) is 0 Å². The van der Waals surface area contributed by atoms with Gasteiger partial charge in [-0.1, -0.05) is 43.2 Å². The third kappa shape index (κ3) is 3.20. The van der Waals surface area contributed by atoms with Crippen molar-refractivity contribution in [1.29, 1.82) is 0 Å². The molecular weight excluding hydrogens is 222 g/mol. The first-order valence-electron chi connectivity index (χ1n) is 6.61. The zero-order valence-electron chi connectivity index (χ0n) is 11.2. The molecule has 0 bridgehead atoms. The van der Waals surface area contributed by atoms with Crippen LogP contribution in [0.4, 0.5) is 0 Å². The molecule has 1 aromatic carbocycles. The van der Waals surface area contributed by atoms with Crippen molar-refractivity contribution in [2.45, 2.75) is 33.2 Å². The summed E-state index contributed by atoms with van der Waals surface area (Å²) in [6.07, 6.45) is 4.36. The van der Waals surface area contributed by atoms with Crippen LogP contribution in [0.5, 0.6) is 0 Å². The van der Waals surface area contributed by atoms with Gasteiger partial charge in [-0.25, -0.2) is 0 Å². The number of rotatable bonds is 6. The zero-order chi connectivity index (χ0) is 12.8. The maximum absolute atomic E-state index is 4.15. The summed E-state index contributed by atoms with van der Waals surface area (Å²) >= 11 is 0. The molecule has 2 N–H and O–H groups in total. The van der Waals surface area contributed by atoms with E-state index in [2.05, 4.69) is 53.6 Å². The van der Waals surface area contributed by atoms with Crippen LogP contribution in [-0.4, -0.2) is 16.7 Å². The topological polar surface area (TPSA) is 40.7 Å². The lowest BCUT2D eigenvalue weighted by atomic mass is 10.1. The normalized spacial score (nSPS) is 10.8. The number of unbranched alkanes of at least 4 members (excludes halogenated alkanes) is 1. The lowest BCUT2D eigenvalue weighted by molar-refractivity contribution is 0.642. The van der Waals surface area contributed by atoms with Gasteiger partial charge in [-0.2, -0.15) is 5.10 Å². The van der Waals surface area contributed by atoms with E-state index in [0.717, 1.165) is 18.8 Å². The molecule has 0 unspecified atom stereocenters. The number of hydrogen-bond donors (Lipinski definition) is 2. The number of nitrogens with zero attached hydrogens (tertiary/aromatic N) is 1. The van der Waals surface area contributed by atoms with E-state index in [1.54, 1.807) is 0 Å². The molecule has 0 spiro atoms. The average molecular weight is 243 g/mol. The minimum atomic E-state index is 0.875. The quantitative estimate of drug-likeness (QED) is 0.764. The van der Waals surface area contributed by atoms with Gasteiger partial charge in [-0.05, 0) is 25.5 Å². The first-order valence-corrected chi connectivity index (χ1v) is 6.61. The Bertz CT molecular complexity index is 471. The van der Waals surface area contributed by atoms with Gasteiger partial charge in [0.1, 0.15) is 0 Å². The van der Waals surface area contributed by atoms with Gasteiger partial charge in [-0.3, -0.25) is 5.10 Å². The average Bonchev–Trinajstić information content (AvgIpc) is 2.84. The summed E-state index contributed by atoms with van der Waals surface area (Å²) < 4.78 is 0. The van der Waals surface area contributed by atoms with Gasteiger partial charge in [0.2, 0.25) is 0 Å². The molecule has 0 radical (unpaired) electrons. The van der Waals surface area contributed by atoms with E-state index in [1.165, 1.54) is 29.5 Å². The van der Waals surface area contributed by atoms with Crippen molar-refractivity contribution in [3.8, 4) is 11.3 Å². The van der Waals surface area contributed by atoms with Crippen LogP contribution >= 0.6 is 0 Å². The molecule has 0 fully saturated rings. The van der Waals surface area contributed by atoms with Crippen molar-refractivity contribution in [2.75, 3.05) is 6.54 Å². The van der Waals surface area contributed by atoms with Gasteiger partial charge >= 0.3 is 0 Å². The van der Waals surface area contributed by atoms with Crippen molar-refractivity contribution in [2.24, 2.45) is 0 Å². The van der Waals surface area contributed by atoms with Crippen LogP contribution in [0.3, 0.4) is 0 Å². The van der Waals surface area contributed by atoms with Crippen LogP contribution in [-0.2, 0) is 6.54 Å². The van der Waals surface area contributed by atoms with Crippen molar-refractivity contribution in [3.05, 3.63) is 41.6 Å². The van der Waals surface area contributed by atoms with E-state index in [9.17, 15) is 0 Å². The van der Waals surface area contributed by atoms with Crippen molar-refractivity contribution >= 4 is 0 Å². The molecule has 3 heteroatoms. The standard InChI is InChI=1S/C15H21N3/c1-3-4-9-16-10-14-11-17-18-15(14)13-7-5-12(2)6-8-13/h5-8,11,16H,3-4,9-10H2,1-2H3,(H,17,18). The number of H-pyrrole nitrogens is 1. The van der Waals surface area contributed by atoms with Crippen LogP contribution < -0.4 is 5.32 Å². The first kappa shape index (κ1) is 12.8. The zero-order valence-corrected chi connectivity index (χ0v) is 11.2. The summed E-state index contributed by atoms with van der Waals surface area (Å²) in [4.78, 5) is 0. The predicted octanol–water partition coefficient (Wildman–Crippen LogP) is 3.27. The monoisotopic (exact) mass is 243 g/mol. The van der Waals surface area contributed by atoms with Gasteiger partial charge in [0.25, 0.3) is 0 Å². The Morgan fingerprint density at radius 1 is 1.22 bits per heavy atom. The Kier molecular flexibility index (Phi) is 4.53. The molecule has 3 nitrogen and oxygen atoms in total. The summed E-state index contributed by atoms with van der Waals surface area (Å²) in [6.45, 7) is 6.25. The fraction of sp³-hybridized carbons (Fsp3) is 0.400. The van der Waals surface area contributed by atoms with Crippen LogP contribution in [0.15, 0.2) is 30.5 Å². The highest BCUT2D eigenvalue weighted by atomic mass is 15.1. The van der Waals surface area contributed by atoms with Gasteiger partial charge < -0.3 is 5.32 Å². The second-order valence-electron chi connectivity index (χ2n) is 4.67. The number of hydrogen-bond acceptors (Lipinski definition) is 2. The van der Waals surface area contributed by atoms with Crippen LogP contribution in [0.1, 0.15) is 30.9 Å². The molecular formula is C15H21N3. The van der Waals surface area contributed by atoms with Crippen molar-refractivity contribution in [3.63, 3.8) is 0 Å². The molecule has 1 heterocycles. The SMILES string of the molecule is CCCCNCc1cn[nH]c1-c1ccc(C)cc1. The first-order chi connectivity index (χ1) is 8.81. The van der Waals surface area contributed by atoms with E-state index in [1.807, 2.05) is 6.20 Å². The number of nitrogens with one attached hydrogen (secondary N) is 2. The summed E-state index contributed by atoms with van der Waals surface area (Å²) in [5.41, 5.74) is 4.83. The van der Waals surface area contributed by atoms with E-state index < -0.39 is 0 Å². The molecule has 0 saturated carbocycles. The molecule has 18 heavy (non-hydrogen) atoms. The third-order valence-corrected chi connectivity index (χ3v) is 3.08. The molecule has 2 aromatic rings. The van der Waals surface area contributed by atoms with E-state index >= 15 is 0 Å². The molecule has 0 saturated heterocycles. The second-order valence-corrected chi connectivity index (χ2v) is 4.67. The Morgan fingerprint density at radius 3 is 2.72 bits per heavy atom. The largest absolute Gasteiger partial charge is 0.313 e. The van der Waals surface area contributed by atoms with Gasteiger partial charge in [0.05, 0.1) is 11.9 Å². The highest BCUT2D eigenvalue weighted by molar-refractivity contribution is 5.62. The summed E-state index contributed by atoms with van der Waals surface area (Å²) in [7, 11) is 0. The minimum Gasteiger partial charge on any atom is -0.313 e. The molecule has 0 amide bonds. The number of aromatic amines is 1.